The number of unbranched alkanes of at least 4 members (excludes halogenated alkanes) is 5. The molecule has 0 spiro atoms. The van der Waals surface area contributed by atoms with Gasteiger partial charge in [-0.25, -0.2) is 0 Å². The van der Waals surface area contributed by atoms with Crippen LogP contribution < -0.4 is 10.1 Å². The molecule has 1 aromatic rings. The van der Waals surface area contributed by atoms with E-state index in [1.54, 1.807) is 0 Å². The minimum Gasteiger partial charge on any atom is -0.492 e. The predicted octanol–water partition coefficient (Wildman–Crippen LogP) is 5.30. The van der Waals surface area contributed by atoms with Gasteiger partial charge in [0.25, 0.3) is 0 Å². The molecule has 3 heteroatoms. The third-order valence-electron chi connectivity index (χ3n) is 3.33. The average molecular weight is 342 g/mol. The van der Waals surface area contributed by atoms with Gasteiger partial charge in [-0.2, -0.15) is 0 Å². The third-order valence-corrected chi connectivity index (χ3v) is 3.95. The Morgan fingerprint density at radius 2 is 1.80 bits per heavy atom. The highest BCUT2D eigenvalue weighted by Crippen LogP contribution is 2.26. The fourth-order valence-corrected chi connectivity index (χ4v) is 2.65. The fourth-order valence-electron chi connectivity index (χ4n) is 2.11. The Hall–Kier alpha value is -0.540. The minimum absolute atomic E-state index is 0.817. The van der Waals surface area contributed by atoms with Crippen LogP contribution in [0.25, 0.3) is 0 Å². The van der Waals surface area contributed by atoms with Crippen molar-refractivity contribution in [2.24, 2.45) is 0 Å². The van der Waals surface area contributed by atoms with Crippen LogP contribution in [0.3, 0.4) is 0 Å². The van der Waals surface area contributed by atoms with Gasteiger partial charge in [-0.05, 0) is 46.6 Å². The molecule has 1 N–H and O–H groups in total. The maximum absolute atomic E-state index is 5.84. The molecule has 0 aliphatic rings. The maximum Gasteiger partial charge on any atom is 0.133 e. The second kappa shape index (κ2) is 11.2. The summed E-state index contributed by atoms with van der Waals surface area (Å²) in [5, 5.41) is 3.33. The van der Waals surface area contributed by atoms with Crippen LogP contribution in [0.5, 0.6) is 5.75 Å². The van der Waals surface area contributed by atoms with Gasteiger partial charge in [0.2, 0.25) is 0 Å². The topological polar surface area (TPSA) is 21.3 Å². The fraction of sp³-hybridized carbons (Fsp3) is 0.647. The van der Waals surface area contributed by atoms with Crippen LogP contribution in [0.15, 0.2) is 22.7 Å². The first kappa shape index (κ1) is 17.5. The zero-order chi connectivity index (χ0) is 14.6. The molecule has 0 unspecified atom stereocenters. The molecule has 0 bridgehead atoms. The molecule has 0 aliphatic carbocycles. The Balaban J connectivity index is 2.23. The van der Waals surface area contributed by atoms with Crippen molar-refractivity contribution >= 4 is 15.9 Å². The van der Waals surface area contributed by atoms with Gasteiger partial charge in [0.15, 0.2) is 0 Å². The summed E-state index contributed by atoms with van der Waals surface area (Å²) in [5.74, 6) is 0.957. The predicted molar refractivity (Wildman–Crippen MR) is 90.4 cm³/mol. The van der Waals surface area contributed by atoms with Crippen LogP contribution in [0.2, 0.25) is 0 Å². The second-order valence-corrected chi connectivity index (χ2v) is 6.02. The quantitative estimate of drug-likeness (QED) is 0.551. The van der Waals surface area contributed by atoms with Crippen molar-refractivity contribution in [2.75, 3.05) is 13.2 Å². The van der Waals surface area contributed by atoms with E-state index in [0.29, 0.717) is 0 Å². The number of hydrogen-bond acceptors (Lipinski definition) is 2. The zero-order valence-corrected chi connectivity index (χ0v) is 14.5. The Bertz CT molecular complexity index is 368. The molecule has 0 heterocycles. The molecule has 0 aromatic heterocycles. The largest absolute Gasteiger partial charge is 0.492 e. The highest BCUT2D eigenvalue weighted by Gasteiger charge is 2.02. The molecule has 0 aliphatic heterocycles. The molecule has 114 valence electrons. The monoisotopic (exact) mass is 341 g/mol. The van der Waals surface area contributed by atoms with Gasteiger partial charge >= 0.3 is 0 Å². The molecule has 1 rings (SSSR count). The van der Waals surface area contributed by atoms with E-state index in [0.717, 1.165) is 36.3 Å². The van der Waals surface area contributed by atoms with Gasteiger partial charge in [-0.3, -0.25) is 0 Å². The highest BCUT2D eigenvalue weighted by molar-refractivity contribution is 9.10. The lowest BCUT2D eigenvalue weighted by molar-refractivity contribution is 0.302. The molecule has 1 aromatic carbocycles. The number of rotatable bonds is 11. The molecule has 2 nitrogen and oxygen atoms in total. The number of hydrogen-bond donors (Lipinski definition) is 1. The summed E-state index contributed by atoms with van der Waals surface area (Å²) >= 11 is 3.59. The summed E-state index contributed by atoms with van der Waals surface area (Å²) in [6.07, 6.45) is 7.78. The maximum atomic E-state index is 5.84. The highest BCUT2D eigenvalue weighted by atomic mass is 79.9. The van der Waals surface area contributed by atoms with Crippen molar-refractivity contribution in [3.8, 4) is 5.75 Å². The van der Waals surface area contributed by atoms with Crippen molar-refractivity contribution in [1.82, 2.24) is 5.32 Å². The molecule has 20 heavy (non-hydrogen) atoms. The van der Waals surface area contributed by atoms with E-state index in [2.05, 4.69) is 53.3 Å². The van der Waals surface area contributed by atoms with E-state index >= 15 is 0 Å². The standard InChI is InChI=1S/C17H28BrNO/c1-3-5-6-7-8-9-12-20-17-11-10-15(13-16(17)18)14-19-4-2/h10-11,13,19H,3-9,12,14H2,1-2H3. The van der Waals surface area contributed by atoms with E-state index in [4.69, 9.17) is 4.74 Å². The second-order valence-electron chi connectivity index (χ2n) is 5.16. The first-order chi connectivity index (χ1) is 9.77. The van der Waals surface area contributed by atoms with Crippen molar-refractivity contribution < 1.29 is 4.74 Å². The van der Waals surface area contributed by atoms with Crippen LogP contribution in [0.1, 0.15) is 57.9 Å². The first-order valence-electron chi connectivity index (χ1n) is 7.89. The minimum atomic E-state index is 0.817. The molecule has 0 amide bonds. The van der Waals surface area contributed by atoms with Gasteiger partial charge in [-0.1, -0.05) is 52.0 Å². The molecule has 0 saturated carbocycles. The van der Waals surface area contributed by atoms with Gasteiger partial charge in [0.1, 0.15) is 5.75 Å². The van der Waals surface area contributed by atoms with Gasteiger partial charge in [0, 0.05) is 6.54 Å². The third kappa shape index (κ3) is 7.30. The molecule has 0 saturated heterocycles. The summed E-state index contributed by atoms with van der Waals surface area (Å²) in [4.78, 5) is 0. The van der Waals surface area contributed by atoms with Crippen molar-refractivity contribution in [1.29, 1.82) is 0 Å². The summed E-state index contributed by atoms with van der Waals surface area (Å²) in [7, 11) is 0. The summed E-state index contributed by atoms with van der Waals surface area (Å²) in [6, 6.07) is 6.33. The number of benzene rings is 1. The van der Waals surface area contributed by atoms with E-state index in [1.807, 2.05) is 0 Å². The number of ether oxygens (including phenoxy) is 1. The van der Waals surface area contributed by atoms with E-state index in [9.17, 15) is 0 Å². The van der Waals surface area contributed by atoms with Gasteiger partial charge in [0.05, 0.1) is 11.1 Å². The van der Waals surface area contributed by atoms with Crippen LogP contribution in [-0.4, -0.2) is 13.2 Å². The Kier molecular flexibility index (Phi) is 9.77. The molecule has 0 radical (unpaired) electrons. The SMILES string of the molecule is CCCCCCCCOc1ccc(CNCC)cc1Br. The lowest BCUT2D eigenvalue weighted by atomic mass is 10.1. The Labute approximate surface area is 132 Å². The van der Waals surface area contributed by atoms with E-state index in [1.165, 1.54) is 37.7 Å². The summed E-state index contributed by atoms with van der Waals surface area (Å²) in [6.45, 7) is 7.09. The number of halogens is 1. The number of nitrogens with one attached hydrogen (secondary N) is 1. The van der Waals surface area contributed by atoms with Crippen LogP contribution >= 0.6 is 15.9 Å². The van der Waals surface area contributed by atoms with Crippen LogP contribution in [-0.2, 0) is 6.54 Å². The lowest BCUT2D eigenvalue weighted by Crippen LogP contribution is -2.11. The summed E-state index contributed by atoms with van der Waals surface area (Å²) in [5.41, 5.74) is 1.28. The lowest BCUT2D eigenvalue weighted by Gasteiger charge is -2.10. The Morgan fingerprint density at radius 1 is 1.05 bits per heavy atom. The van der Waals surface area contributed by atoms with Crippen molar-refractivity contribution in [3.63, 3.8) is 0 Å². The molecular weight excluding hydrogens is 314 g/mol. The summed E-state index contributed by atoms with van der Waals surface area (Å²) < 4.78 is 6.89. The Morgan fingerprint density at radius 3 is 2.50 bits per heavy atom. The van der Waals surface area contributed by atoms with Gasteiger partial charge < -0.3 is 10.1 Å². The van der Waals surface area contributed by atoms with Crippen LogP contribution in [0, 0.1) is 0 Å². The van der Waals surface area contributed by atoms with E-state index in [-0.39, 0.29) is 0 Å². The zero-order valence-electron chi connectivity index (χ0n) is 12.9. The van der Waals surface area contributed by atoms with Gasteiger partial charge in [-0.15, -0.1) is 0 Å². The van der Waals surface area contributed by atoms with E-state index < -0.39 is 0 Å². The van der Waals surface area contributed by atoms with Crippen LogP contribution in [0.4, 0.5) is 0 Å². The molecular formula is C17H28BrNO. The normalized spacial score (nSPS) is 10.8. The first-order valence-corrected chi connectivity index (χ1v) is 8.69. The molecule has 0 atom stereocenters. The average Bonchev–Trinajstić information content (AvgIpc) is 2.46. The smallest absolute Gasteiger partial charge is 0.133 e. The molecule has 0 fully saturated rings. The van der Waals surface area contributed by atoms with Crippen molar-refractivity contribution in [3.05, 3.63) is 28.2 Å². The van der Waals surface area contributed by atoms with Crippen molar-refractivity contribution in [2.45, 2.75) is 58.9 Å².